The van der Waals surface area contributed by atoms with E-state index in [1.165, 1.54) is 23.7 Å². The molecule has 3 aromatic rings. The predicted molar refractivity (Wildman–Crippen MR) is 81.8 cm³/mol. The second kappa shape index (κ2) is 6.03. The molecule has 0 unspecified atom stereocenters. The highest BCUT2D eigenvalue weighted by atomic mass is 32.1. The lowest BCUT2D eigenvalue weighted by atomic mass is 10.1. The quantitative estimate of drug-likeness (QED) is 0.742. The zero-order valence-corrected chi connectivity index (χ0v) is 12.6. The minimum absolute atomic E-state index is 0.0128. The molecule has 0 fully saturated rings. The summed E-state index contributed by atoms with van der Waals surface area (Å²) >= 11 is 1.52. The third kappa shape index (κ3) is 3.01. The number of aromatic hydroxyl groups is 1. The van der Waals surface area contributed by atoms with Gasteiger partial charge in [-0.05, 0) is 30.5 Å². The zero-order chi connectivity index (χ0) is 15.5. The minimum atomic E-state index is -0.595. The molecule has 0 aliphatic heterocycles. The number of nitrogens with zero attached hydrogens (tertiary/aromatic N) is 1. The molecule has 2 heterocycles. The number of aromatic nitrogens is 1. The molecule has 5 nitrogen and oxygen atoms in total. The molecule has 22 heavy (non-hydrogen) atoms. The molecular weight excluding hydrogens is 302 g/mol. The Balaban J connectivity index is 1.67. The van der Waals surface area contributed by atoms with Crippen LogP contribution in [0.15, 0.2) is 46.4 Å². The van der Waals surface area contributed by atoms with E-state index in [2.05, 4.69) is 4.98 Å². The lowest BCUT2D eigenvalue weighted by Crippen LogP contribution is -2.06. The standard InChI is InChI=1S/C16H13NO4S/c1-10-4-5-13(18)12(7-10)16(19)21-9-11-8-20-15(17-11)14-3-2-6-22-14/h2-8,18H,9H2,1H3. The molecule has 0 saturated carbocycles. The summed E-state index contributed by atoms with van der Waals surface area (Å²) in [6, 6.07) is 8.58. The summed E-state index contributed by atoms with van der Waals surface area (Å²) in [5, 5.41) is 11.6. The van der Waals surface area contributed by atoms with Crippen molar-refractivity contribution in [1.29, 1.82) is 0 Å². The van der Waals surface area contributed by atoms with E-state index in [0.717, 1.165) is 10.4 Å². The van der Waals surface area contributed by atoms with E-state index in [4.69, 9.17) is 9.15 Å². The van der Waals surface area contributed by atoms with E-state index in [9.17, 15) is 9.90 Å². The van der Waals surface area contributed by atoms with Crippen molar-refractivity contribution in [3.05, 3.63) is 58.8 Å². The molecule has 3 rings (SSSR count). The highest BCUT2D eigenvalue weighted by molar-refractivity contribution is 7.13. The van der Waals surface area contributed by atoms with Crippen molar-refractivity contribution < 1.29 is 19.1 Å². The van der Waals surface area contributed by atoms with Crippen molar-refractivity contribution in [1.82, 2.24) is 4.98 Å². The number of aryl methyl sites for hydroxylation is 1. The van der Waals surface area contributed by atoms with Gasteiger partial charge in [-0.1, -0.05) is 17.7 Å². The first kappa shape index (κ1) is 14.3. The third-order valence-corrected chi connectivity index (χ3v) is 3.86. The second-order valence-corrected chi connectivity index (χ2v) is 5.67. The number of phenols is 1. The van der Waals surface area contributed by atoms with Crippen molar-refractivity contribution in [3.63, 3.8) is 0 Å². The number of rotatable bonds is 4. The van der Waals surface area contributed by atoms with Crippen molar-refractivity contribution >= 4 is 17.3 Å². The molecule has 0 amide bonds. The maximum atomic E-state index is 12.0. The monoisotopic (exact) mass is 315 g/mol. The fourth-order valence-corrected chi connectivity index (χ4v) is 2.57. The van der Waals surface area contributed by atoms with Gasteiger partial charge in [0.1, 0.15) is 29.9 Å². The van der Waals surface area contributed by atoms with Gasteiger partial charge >= 0.3 is 5.97 Å². The van der Waals surface area contributed by atoms with Crippen molar-refractivity contribution in [2.45, 2.75) is 13.5 Å². The topological polar surface area (TPSA) is 72.6 Å². The molecule has 1 aromatic carbocycles. The van der Waals surface area contributed by atoms with E-state index in [1.54, 1.807) is 12.1 Å². The highest BCUT2D eigenvalue weighted by Crippen LogP contribution is 2.24. The smallest absolute Gasteiger partial charge is 0.342 e. The number of carbonyl (C=O) groups is 1. The Morgan fingerprint density at radius 3 is 3.05 bits per heavy atom. The lowest BCUT2D eigenvalue weighted by molar-refractivity contribution is 0.0464. The third-order valence-electron chi connectivity index (χ3n) is 3.01. The number of carbonyl (C=O) groups excluding carboxylic acids is 1. The van der Waals surface area contributed by atoms with Gasteiger partial charge in [-0.2, -0.15) is 0 Å². The van der Waals surface area contributed by atoms with Crippen LogP contribution in [0, 0.1) is 6.92 Å². The van der Waals surface area contributed by atoms with Crippen LogP contribution >= 0.6 is 11.3 Å². The molecule has 1 N–H and O–H groups in total. The number of phenolic OH excluding ortho intramolecular Hbond substituents is 1. The van der Waals surface area contributed by atoms with Gasteiger partial charge in [-0.15, -0.1) is 11.3 Å². The molecule has 112 valence electrons. The fourth-order valence-electron chi connectivity index (χ4n) is 1.92. The molecule has 0 aliphatic rings. The molecule has 0 aliphatic carbocycles. The van der Waals surface area contributed by atoms with Gasteiger partial charge in [0.15, 0.2) is 0 Å². The van der Waals surface area contributed by atoms with E-state index < -0.39 is 5.97 Å². The number of esters is 1. The van der Waals surface area contributed by atoms with E-state index >= 15 is 0 Å². The summed E-state index contributed by atoms with van der Waals surface area (Å²) in [5.74, 6) is -0.198. The van der Waals surface area contributed by atoms with Crippen LogP contribution in [-0.2, 0) is 11.3 Å². The maximum absolute atomic E-state index is 12.0. The molecule has 2 aromatic heterocycles. The van der Waals surface area contributed by atoms with Crippen molar-refractivity contribution in [2.75, 3.05) is 0 Å². The van der Waals surface area contributed by atoms with Gasteiger partial charge in [-0.3, -0.25) is 0 Å². The van der Waals surface area contributed by atoms with Crippen LogP contribution in [0.2, 0.25) is 0 Å². The Morgan fingerprint density at radius 1 is 1.41 bits per heavy atom. The minimum Gasteiger partial charge on any atom is -0.507 e. The summed E-state index contributed by atoms with van der Waals surface area (Å²) in [6.07, 6.45) is 1.46. The molecule has 0 bridgehead atoms. The van der Waals surface area contributed by atoms with Gasteiger partial charge in [-0.25, -0.2) is 9.78 Å². The van der Waals surface area contributed by atoms with E-state index in [1.807, 2.05) is 24.4 Å². The Labute approximate surface area is 130 Å². The molecule has 0 radical (unpaired) electrons. The first-order valence-corrected chi connectivity index (χ1v) is 7.46. The van der Waals surface area contributed by atoms with Crippen molar-refractivity contribution in [2.24, 2.45) is 0 Å². The van der Waals surface area contributed by atoms with Crippen LogP contribution < -0.4 is 0 Å². The molecule has 0 spiro atoms. The number of oxazole rings is 1. The maximum Gasteiger partial charge on any atom is 0.342 e. The van der Waals surface area contributed by atoms with Crippen LogP contribution in [0.5, 0.6) is 5.75 Å². The van der Waals surface area contributed by atoms with Crippen molar-refractivity contribution in [3.8, 4) is 16.5 Å². The molecule has 6 heteroatoms. The number of hydrogen-bond acceptors (Lipinski definition) is 6. The SMILES string of the molecule is Cc1ccc(O)c(C(=O)OCc2coc(-c3cccs3)n2)c1. The summed E-state index contributed by atoms with van der Waals surface area (Å²) in [7, 11) is 0. The van der Waals surface area contributed by atoms with Crippen LogP contribution in [0.25, 0.3) is 10.8 Å². The van der Waals surface area contributed by atoms with Crippen LogP contribution in [0.4, 0.5) is 0 Å². The number of ether oxygens (including phenoxy) is 1. The normalized spacial score (nSPS) is 10.6. The average Bonchev–Trinajstić information content (AvgIpc) is 3.17. The average molecular weight is 315 g/mol. The van der Waals surface area contributed by atoms with Gasteiger partial charge in [0.05, 0.1) is 4.88 Å². The molecular formula is C16H13NO4S. The van der Waals surface area contributed by atoms with E-state index in [0.29, 0.717) is 11.6 Å². The van der Waals surface area contributed by atoms with Crippen LogP contribution in [0.1, 0.15) is 21.6 Å². The van der Waals surface area contributed by atoms with Crippen LogP contribution in [-0.4, -0.2) is 16.1 Å². The molecule has 0 saturated heterocycles. The highest BCUT2D eigenvalue weighted by Gasteiger charge is 2.14. The summed E-state index contributed by atoms with van der Waals surface area (Å²) < 4.78 is 10.5. The summed E-state index contributed by atoms with van der Waals surface area (Å²) in [4.78, 5) is 17.2. The second-order valence-electron chi connectivity index (χ2n) is 4.72. The first-order valence-electron chi connectivity index (χ1n) is 6.58. The van der Waals surface area contributed by atoms with Gasteiger partial charge in [0.2, 0.25) is 5.89 Å². The first-order chi connectivity index (χ1) is 10.6. The van der Waals surface area contributed by atoms with Gasteiger partial charge < -0.3 is 14.3 Å². The summed E-state index contributed by atoms with van der Waals surface area (Å²) in [5.41, 5.74) is 1.53. The fraction of sp³-hybridized carbons (Fsp3) is 0.125. The number of thiophene rings is 1. The largest absolute Gasteiger partial charge is 0.507 e. The Bertz CT molecular complexity index is 792. The molecule has 0 atom stereocenters. The Kier molecular flexibility index (Phi) is 3.93. The Hall–Kier alpha value is -2.60. The number of benzene rings is 1. The van der Waals surface area contributed by atoms with Gasteiger partial charge in [0, 0.05) is 0 Å². The van der Waals surface area contributed by atoms with Gasteiger partial charge in [0.25, 0.3) is 0 Å². The van der Waals surface area contributed by atoms with Crippen LogP contribution in [0.3, 0.4) is 0 Å². The lowest BCUT2D eigenvalue weighted by Gasteiger charge is -2.05. The zero-order valence-electron chi connectivity index (χ0n) is 11.8. The number of hydrogen-bond donors (Lipinski definition) is 1. The predicted octanol–water partition coefficient (Wildman–Crippen LogP) is 3.77. The van der Waals surface area contributed by atoms with E-state index in [-0.39, 0.29) is 17.9 Å². The Morgan fingerprint density at radius 2 is 2.27 bits per heavy atom. The summed E-state index contributed by atoms with van der Waals surface area (Å²) in [6.45, 7) is 1.82.